The molecule has 30 heavy (non-hydrogen) atoms. The van der Waals surface area contributed by atoms with Crippen LogP contribution in [-0.4, -0.2) is 18.4 Å². The topological polar surface area (TPSA) is 80.6 Å². The van der Waals surface area contributed by atoms with E-state index in [4.69, 9.17) is 9.15 Å². The number of carbonyl (C=O) groups is 2. The first-order chi connectivity index (χ1) is 14.6. The van der Waals surface area contributed by atoms with Gasteiger partial charge in [0.15, 0.2) is 6.61 Å². The number of hydrogen-bond donors (Lipinski definition) is 2. The fraction of sp³-hybridized carbons (Fsp3) is 0.250. The first-order valence-electron chi connectivity index (χ1n) is 9.99. The molecule has 6 nitrogen and oxygen atoms in total. The summed E-state index contributed by atoms with van der Waals surface area (Å²) in [6.45, 7) is 4.44. The highest BCUT2D eigenvalue weighted by molar-refractivity contribution is 6.03. The van der Waals surface area contributed by atoms with Gasteiger partial charge in [0.25, 0.3) is 11.8 Å². The molecule has 1 atom stereocenters. The van der Waals surface area contributed by atoms with Crippen molar-refractivity contribution in [3.8, 4) is 5.75 Å². The van der Waals surface area contributed by atoms with E-state index < -0.39 is 0 Å². The van der Waals surface area contributed by atoms with Gasteiger partial charge < -0.3 is 19.8 Å². The number of nitrogens with one attached hydrogen (secondary N) is 2. The quantitative estimate of drug-likeness (QED) is 0.538. The van der Waals surface area contributed by atoms with Crippen LogP contribution in [0.4, 0.5) is 5.69 Å². The van der Waals surface area contributed by atoms with Crippen LogP contribution in [-0.2, 0) is 11.3 Å². The molecule has 0 aliphatic carbocycles. The second kappa shape index (κ2) is 10.3. The van der Waals surface area contributed by atoms with Gasteiger partial charge in [-0.05, 0) is 54.3 Å². The van der Waals surface area contributed by atoms with Gasteiger partial charge in [-0.25, -0.2) is 0 Å². The van der Waals surface area contributed by atoms with Gasteiger partial charge in [-0.2, -0.15) is 0 Å². The Hall–Kier alpha value is -3.54. The SMILES string of the molecule is CCC(C)c1ccc(OCC(=O)Nc2ccccc2C(=O)NCc2ccco2)cc1. The number of furan rings is 1. The first-order valence-corrected chi connectivity index (χ1v) is 9.99. The highest BCUT2D eigenvalue weighted by Gasteiger charge is 2.14. The Kier molecular flexibility index (Phi) is 7.27. The molecule has 156 valence electrons. The summed E-state index contributed by atoms with van der Waals surface area (Å²) >= 11 is 0. The van der Waals surface area contributed by atoms with Crippen molar-refractivity contribution >= 4 is 17.5 Å². The number of amides is 2. The van der Waals surface area contributed by atoms with Crippen molar-refractivity contribution in [3.63, 3.8) is 0 Å². The zero-order valence-corrected chi connectivity index (χ0v) is 17.2. The molecule has 0 radical (unpaired) electrons. The third-order valence-electron chi connectivity index (χ3n) is 4.88. The average Bonchev–Trinajstić information content (AvgIpc) is 3.30. The highest BCUT2D eigenvalue weighted by Crippen LogP contribution is 2.21. The van der Waals surface area contributed by atoms with Crippen LogP contribution in [0.5, 0.6) is 5.75 Å². The van der Waals surface area contributed by atoms with E-state index in [1.165, 1.54) is 5.56 Å². The third-order valence-corrected chi connectivity index (χ3v) is 4.88. The summed E-state index contributed by atoms with van der Waals surface area (Å²) in [5.41, 5.74) is 2.04. The van der Waals surface area contributed by atoms with Crippen molar-refractivity contribution in [1.29, 1.82) is 0 Å². The van der Waals surface area contributed by atoms with E-state index in [2.05, 4.69) is 24.5 Å². The van der Waals surface area contributed by atoms with Crippen molar-refractivity contribution in [2.75, 3.05) is 11.9 Å². The highest BCUT2D eigenvalue weighted by atomic mass is 16.5. The summed E-state index contributed by atoms with van der Waals surface area (Å²) in [6.07, 6.45) is 2.62. The van der Waals surface area contributed by atoms with E-state index in [1.807, 2.05) is 24.3 Å². The number of benzene rings is 2. The van der Waals surface area contributed by atoms with Gasteiger partial charge in [-0.15, -0.1) is 0 Å². The van der Waals surface area contributed by atoms with Crippen LogP contribution in [0.3, 0.4) is 0 Å². The molecule has 1 unspecified atom stereocenters. The number of hydrogen-bond acceptors (Lipinski definition) is 4. The van der Waals surface area contributed by atoms with E-state index >= 15 is 0 Å². The second-order valence-corrected chi connectivity index (χ2v) is 7.02. The lowest BCUT2D eigenvalue weighted by Crippen LogP contribution is -2.26. The Balaban J connectivity index is 1.55. The van der Waals surface area contributed by atoms with Crippen LogP contribution < -0.4 is 15.4 Å². The summed E-state index contributed by atoms with van der Waals surface area (Å²) in [4.78, 5) is 24.8. The van der Waals surface area contributed by atoms with Crippen LogP contribution in [0, 0.1) is 0 Å². The molecule has 2 aromatic carbocycles. The minimum atomic E-state index is -0.340. The molecule has 0 aliphatic heterocycles. The lowest BCUT2D eigenvalue weighted by Gasteiger charge is -2.12. The monoisotopic (exact) mass is 406 g/mol. The molecule has 1 aromatic heterocycles. The summed E-state index contributed by atoms with van der Waals surface area (Å²) in [5.74, 6) is 1.12. The number of ether oxygens (including phenoxy) is 1. The largest absolute Gasteiger partial charge is 0.484 e. The van der Waals surface area contributed by atoms with Gasteiger partial charge in [0, 0.05) is 0 Å². The summed E-state index contributed by atoms with van der Waals surface area (Å²) in [7, 11) is 0. The number of anilines is 1. The molecule has 0 spiro atoms. The Morgan fingerprint density at radius 2 is 1.80 bits per heavy atom. The molecule has 3 rings (SSSR count). The lowest BCUT2D eigenvalue weighted by atomic mass is 9.99. The Bertz CT molecular complexity index is 965. The van der Waals surface area contributed by atoms with Crippen molar-refractivity contribution in [1.82, 2.24) is 5.32 Å². The zero-order chi connectivity index (χ0) is 21.3. The predicted molar refractivity (Wildman–Crippen MR) is 116 cm³/mol. The van der Waals surface area contributed by atoms with Gasteiger partial charge in [-0.1, -0.05) is 38.1 Å². The van der Waals surface area contributed by atoms with E-state index in [1.54, 1.807) is 42.7 Å². The molecule has 0 fully saturated rings. The molecule has 1 heterocycles. The van der Waals surface area contributed by atoms with Gasteiger partial charge in [0.1, 0.15) is 11.5 Å². The Morgan fingerprint density at radius 1 is 1.03 bits per heavy atom. The second-order valence-electron chi connectivity index (χ2n) is 7.02. The van der Waals surface area contributed by atoms with E-state index in [9.17, 15) is 9.59 Å². The van der Waals surface area contributed by atoms with E-state index in [0.717, 1.165) is 6.42 Å². The summed E-state index contributed by atoms with van der Waals surface area (Å²) in [5, 5.41) is 5.52. The van der Waals surface area contributed by atoms with Crippen molar-refractivity contribution in [2.24, 2.45) is 0 Å². The van der Waals surface area contributed by atoms with Gasteiger partial charge >= 0.3 is 0 Å². The Morgan fingerprint density at radius 3 is 2.50 bits per heavy atom. The fourth-order valence-electron chi connectivity index (χ4n) is 2.93. The molecule has 0 bridgehead atoms. The average molecular weight is 406 g/mol. The molecule has 2 N–H and O–H groups in total. The molecule has 0 saturated heterocycles. The van der Waals surface area contributed by atoms with Crippen LogP contribution in [0.15, 0.2) is 71.3 Å². The van der Waals surface area contributed by atoms with Crippen molar-refractivity contribution in [3.05, 3.63) is 83.8 Å². The molecule has 0 saturated carbocycles. The zero-order valence-electron chi connectivity index (χ0n) is 17.2. The minimum absolute atomic E-state index is 0.148. The van der Waals surface area contributed by atoms with Crippen molar-refractivity contribution in [2.45, 2.75) is 32.7 Å². The summed E-state index contributed by atoms with van der Waals surface area (Å²) in [6, 6.07) is 18.1. The minimum Gasteiger partial charge on any atom is -0.484 e. The normalized spacial score (nSPS) is 11.5. The van der Waals surface area contributed by atoms with E-state index in [0.29, 0.717) is 28.7 Å². The molecular formula is C24H26N2O4. The maximum atomic E-state index is 12.5. The number of carbonyl (C=O) groups excluding carboxylic acids is 2. The molecular weight excluding hydrogens is 380 g/mol. The van der Waals surface area contributed by atoms with Crippen LogP contribution in [0.2, 0.25) is 0 Å². The molecule has 2 amide bonds. The van der Waals surface area contributed by atoms with Crippen molar-refractivity contribution < 1.29 is 18.7 Å². The van der Waals surface area contributed by atoms with Gasteiger partial charge in [0.05, 0.1) is 24.1 Å². The molecule has 0 aliphatic rings. The molecule has 6 heteroatoms. The first kappa shape index (κ1) is 21.2. The van der Waals surface area contributed by atoms with Crippen LogP contribution in [0.25, 0.3) is 0 Å². The predicted octanol–water partition coefficient (Wildman–Crippen LogP) is 4.74. The number of para-hydroxylation sites is 1. The maximum absolute atomic E-state index is 12.5. The van der Waals surface area contributed by atoms with E-state index in [-0.39, 0.29) is 25.0 Å². The molecule has 3 aromatic rings. The standard InChI is InChI=1S/C24H26N2O4/c1-3-17(2)18-10-12-19(13-11-18)30-16-23(27)26-22-9-5-4-8-21(22)24(28)25-15-20-7-6-14-29-20/h4-14,17H,3,15-16H2,1-2H3,(H,25,28)(H,26,27). The number of rotatable bonds is 9. The lowest BCUT2D eigenvalue weighted by molar-refractivity contribution is -0.118. The summed E-state index contributed by atoms with van der Waals surface area (Å²) < 4.78 is 10.8. The van der Waals surface area contributed by atoms with Gasteiger partial charge in [-0.3, -0.25) is 9.59 Å². The maximum Gasteiger partial charge on any atom is 0.262 e. The third kappa shape index (κ3) is 5.73. The van der Waals surface area contributed by atoms with Crippen LogP contribution >= 0.6 is 0 Å². The Labute approximate surface area is 176 Å². The fourth-order valence-corrected chi connectivity index (χ4v) is 2.93. The van der Waals surface area contributed by atoms with Gasteiger partial charge in [0.2, 0.25) is 0 Å². The van der Waals surface area contributed by atoms with Crippen LogP contribution in [0.1, 0.15) is 47.9 Å². The smallest absolute Gasteiger partial charge is 0.262 e.